The molecule has 1 aliphatic carbocycles. The SMILES string of the molecule is O=C(NCc1ccccc1C#CCCO)NC1CCC1. The lowest BCUT2D eigenvalue weighted by atomic mass is 9.93. The van der Waals surface area contributed by atoms with Crippen LogP contribution in [0.5, 0.6) is 0 Å². The van der Waals surface area contributed by atoms with Gasteiger partial charge in [-0.3, -0.25) is 0 Å². The fourth-order valence-electron chi connectivity index (χ4n) is 1.97. The zero-order chi connectivity index (χ0) is 14.2. The first-order valence-corrected chi connectivity index (χ1v) is 7.01. The number of amides is 2. The van der Waals surface area contributed by atoms with Crippen LogP contribution in [0.25, 0.3) is 0 Å². The lowest BCUT2D eigenvalue weighted by Crippen LogP contribution is -2.44. The van der Waals surface area contributed by atoms with Crippen LogP contribution in [0.4, 0.5) is 4.79 Å². The summed E-state index contributed by atoms with van der Waals surface area (Å²) in [5.74, 6) is 5.92. The van der Waals surface area contributed by atoms with Gasteiger partial charge in [0.15, 0.2) is 0 Å². The summed E-state index contributed by atoms with van der Waals surface area (Å²) >= 11 is 0. The maximum absolute atomic E-state index is 11.7. The van der Waals surface area contributed by atoms with Crippen molar-refractivity contribution in [2.75, 3.05) is 6.61 Å². The van der Waals surface area contributed by atoms with Gasteiger partial charge in [0.25, 0.3) is 0 Å². The molecule has 0 bridgehead atoms. The first kappa shape index (κ1) is 14.4. The van der Waals surface area contributed by atoms with E-state index in [0.717, 1.165) is 24.0 Å². The quantitative estimate of drug-likeness (QED) is 0.732. The predicted octanol–water partition coefficient (Wildman–Crippen LogP) is 1.77. The highest BCUT2D eigenvalue weighted by Gasteiger charge is 2.18. The highest BCUT2D eigenvalue weighted by molar-refractivity contribution is 5.74. The maximum Gasteiger partial charge on any atom is 0.315 e. The molecule has 20 heavy (non-hydrogen) atoms. The van der Waals surface area contributed by atoms with Crippen molar-refractivity contribution in [2.45, 2.75) is 38.3 Å². The topological polar surface area (TPSA) is 61.4 Å². The molecule has 1 aromatic rings. The third-order valence-electron chi connectivity index (χ3n) is 3.36. The number of carbonyl (C=O) groups is 1. The molecule has 1 aromatic carbocycles. The molecule has 1 aliphatic rings. The van der Waals surface area contributed by atoms with E-state index in [2.05, 4.69) is 22.5 Å². The molecule has 0 saturated heterocycles. The number of carbonyl (C=O) groups excluding carboxylic acids is 1. The molecule has 4 heteroatoms. The van der Waals surface area contributed by atoms with Crippen LogP contribution in [-0.2, 0) is 6.54 Å². The highest BCUT2D eigenvalue weighted by atomic mass is 16.2. The number of hydrogen-bond donors (Lipinski definition) is 3. The number of aliphatic hydroxyl groups is 1. The van der Waals surface area contributed by atoms with E-state index in [0.29, 0.717) is 19.0 Å². The minimum atomic E-state index is -0.118. The lowest BCUT2D eigenvalue weighted by molar-refractivity contribution is 0.228. The van der Waals surface area contributed by atoms with E-state index in [-0.39, 0.29) is 12.6 Å². The lowest BCUT2D eigenvalue weighted by Gasteiger charge is -2.26. The normalized spacial score (nSPS) is 13.8. The summed E-state index contributed by atoms with van der Waals surface area (Å²) in [5, 5.41) is 14.5. The number of benzene rings is 1. The van der Waals surface area contributed by atoms with Gasteiger partial charge in [0.2, 0.25) is 0 Å². The molecule has 2 rings (SSSR count). The van der Waals surface area contributed by atoms with Gasteiger partial charge >= 0.3 is 6.03 Å². The minimum absolute atomic E-state index is 0.0667. The van der Waals surface area contributed by atoms with Crippen molar-refractivity contribution < 1.29 is 9.90 Å². The fraction of sp³-hybridized carbons (Fsp3) is 0.438. The van der Waals surface area contributed by atoms with E-state index in [1.165, 1.54) is 6.42 Å². The molecule has 1 saturated carbocycles. The van der Waals surface area contributed by atoms with Gasteiger partial charge < -0.3 is 15.7 Å². The molecule has 106 valence electrons. The van der Waals surface area contributed by atoms with Crippen LogP contribution in [0.2, 0.25) is 0 Å². The van der Waals surface area contributed by atoms with Crippen molar-refractivity contribution in [3.05, 3.63) is 35.4 Å². The van der Waals surface area contributed by atoms with Gasteiger partial charge in [-0.25, -0.2) is 4.79 Å². The van der Waals surface area contributed by atoms with E-state index < -0.39 is 0 Å². The molecule has 4 nitrogen and oxygen atoms in total. The third kappa shape index (κ3) is 4.29. The van der Waals surface area contributed by atoms with E-state index in [1.807, 2.05) is 24.3 Å². The Morgan fingerprint density at radius 1 is 1.35 bits per heavy atom. The molecule has 0 heterocycles. The van der Waals surface area contributed by atoms with Gasteiger partial charge in [0.1, 0.15) is 0 Å². The second-order valence-electron chi connectivity index (χ2n) is 4.89. The van der Waals surface area contributed by atoms with Crippen LogP contribution in [-0.4, -0.2) is 23.8 Å². The second kappa shape index (κ2) is 7.56. The van der Waals surface area contributed by atoms with Crippen molar-refractivity contribution in [1.29, 1.82) is 0 Å². The first-order valence-electron chi connectivity index (χ1n) is 7.01. The first-order chi connectivity index (χ1) is 9.79. The van der Waals surface area contributed by atoms with Crippen molar-refractivity contribution in [3.8, 4) is 11.8 Å². The summed E-state index contributed by atoms with van der Waals surface area (Å²) in [5.41, 5.74) is 1.88. The van der Waals surface area contributed by atoms with Crippen molar-refractivity contribution in [1.82, 2.24) is 10.6 Å². The van der Waals surface area contributed by atoms with Crippen LogP contribution in [0.15, 0.2) is 24.3 Å². The summed E-state index contributed by atoms with van der Waals surface area (Å²) in [6.45, 7) is 0.528. The highest BCUT2D eigenvalue weighted by Crippen LogP contribution is 2.17. The second-order valence-corrected chi connectivity index (χ2v) is 4.89. The van der Waals surface area contributed by atoms with Crippen LogP contribution in [0.1, 0.15) is 36.8 Å². The van der Waals surface area contributed by atoms with Crippen molar-refractivity contribution >= 4 is 6.03 Å². The summed E-state index contributed by atoms with van der Waals surface area (Å²) in [4.78, 5) is 11.7. The monoisotopic (exact) mass is 272 g/mol. The Morgan fingerprint density at radius 3 is 2.85 bits per heavy atom. The molecule has 0 unspecified atom stereocenters. The van der Waals surface area contributed by atoms with Crippen LogP contribution in [0.3, 0.4) is 0 Å². The zero-order valence-corrected chi connectivity index (χ0v) is 11.5. The van der Waals surface area contributed by atoms with Gasteiger partial charge in [0.05, 0.1) is 6.61 Å². The van der Waals surface area contributed by atoms with Crippen LogP contribution < -0.4 is 10.6 Å². The number of hydrogen-bond acceptors (Lipinski definition) is 2. The van der Waals surface area contributed by atoms with Gasteiger partial charge in [-0.15, -0.1) is 0 Å². The maximum atomic E-state index is 11.7. The molecule has 3 N–H and O–H groups in total. The average molecular weight is 272 g/mol. The number of rotatable bonds is 4. The molecule has 0 aromatic heterocycles. The zero-order valence-electron chi connectivity index (χ0n) is 11.5. The Balaban J connectivity index is 1.88. The molecule has 0 atom stereocenters. The number of aliphatic hydroxyl groups excluding tert-OH is 1. The fourth-order valence-corrected chi connectivity index (χ4v) is 1.97. The molecule has 0 aliphatic heterocycles. The number of urea groups is 1. The smallest absolute Gasteiger partial charge is 0.315 e. The molecule has 2 amide bonds. The van der Waals surface area contributed by atoms with Crippen molar-refractivity contribution in [2.24, 2.45) is 0 Å². The molecule has 0 spiro atoms. The third-order valence-corrected chi connectivity index (χ3v) is 3.36. The molecule has 0 radical (unpaired) electrons. The largest absolute Gasteiger partial charge is 0.395 e. The standard InChI is InChI=1S/C16H20N2O2/c19-11-4-3-7-13-6-1-2-8-14(13)12-17-16(20)18-15-9-5-10-15/h1-2,6,8,15,19H,4-5,9-12H2,(H2,17,18,20). The summed E-state index contributed by atoms with van der Waals surface area (Å²) in [6.07, 6.45) is 3.82. The van der Waals surface area contributed by atoms with E-state index in [4.69, 9.17) is 5.11 Å². The van der Waals surface area contributed by atoms with E-state index >= 15 is 0 Å². The number of nitrogens with one attached hydrogen (secondary N) is 2. The van der Waals surface area contributed by atoms with Crippen LogP contribution in [0, 0.1) is 11.8 Å². The van der Waals surface area contributed by atoms with E-state index in [9.17, 15) is 4.79 Å². The van der Waals surface area contributed by atoms with Gasteiger partial charge in [-0.05, 0) is 30.9 Å². The van der Waals surface area contributed by atoms with Gasteiger partial charge in [-0.2, -0.15) is 0 Å². The Kier molecular flexibility index (Phi) is 5.45. The summed E-state index contributed by atoms with van der Waals surface area (Å²) in [6, 6.07) is 7.94. The molecular formula is C16H20N2O2. The molecular weight excluding hydrogens is 252 g/mol. The summed E-state index contributed by atoms with van der Waals surface area (Å²) < 4.78 is 0. The van der Waals surface area contributed by atoms with Crippen LogP contribution >= 0.6 is 0 Å². The summed E-state index contributed by atoms with van der Waals surface area (Å²) in [7, 11) is 0. The Labute approximate surface area is 119 Å². The van der Waals surface area contributed by atoms with E-state index in [1.54, 1.807) is 0 Å². The predicted molar refractivity (Wildman–Crippen MR) is 78.0 cm³/mol. The van der Waals surface area contributed by atoms with Gasteiger partial charge in [0, 0.05) is 24.6 Å². The van der Waals surface area contributed by atoms with Gasteiger partial charge in [-0.1, -0.05) is 30.0 Å². The minimum Gasteiger partial charge on any atom is -0.395 e. The average Bonchev–Trinajstić information content (AvgIpc) is 2.42. The molecule has 1 fully saturated rings. The Hall–Kier alpha value is -1.99. The Bertz CT molecular complexity index is 513. The van der Waals surface area contributed by atoms with Crippen molar-refractivity contribution in [3.63, 3.8) is 0 Å². The Morgan fingerprint density at radius 2 is 2.15 bits per heavy atom.